The van der Waals surface area contributed by atoms with Crippen molar-refractivity contribution in [2.45, 2.75) is 12.1 Å². The lowest BCUT2D eigenvalue weighted by molar-refractivity contribution is 0.416. The number of sulfonamides is 1. The summed E-state index contributed by atoms with van der Waals surface area (Å²) in [7, 11) is -2.13. The van der Waals surface area contributed by atoms with E-state index in [0.29, 0.717) is 38.1 Å². The van der Waals surface area contributed by atoms with Crippen molar-refractivity contribution in [2.24, 2.45) is 0 Å². The van der Waals surface area contributed by atoms with Gasteiger partial charge in [0.05, 0.1) is 36.4 Å². The van der Waals surface area contributed by atoms with E-state index in [1.807, 2.05) is 23.1 Å². The maximum absolute atomic E-state index is 14.7. The topological polar surface area (TPSA) is 96.7 Å². The monoisotopic (exact) mass is 616 g/mol. The summed E-state index contributed by atoms with van der Waals surface area (Å²) in [5.74, 6) is 0.793. The number of furan rings is 1. The summed E-state index contributed by atoms with van der Waals surface area (Å²) in [5.41, 5.74) is 1.88. The van der Waals surface area contributed by atoms with Gasteiger partial charge in [0.1, 0.15) is 29.1 Å². The Morgan fingerprint density at radius 3 is 2.66 bits per heavy atom. The molecule has 1 aliphatic heterocycles. The van der Waals surface area contributed by atoms with Crippen molar-refractivity contribution in [3.63, 3.8) is 0 Å². The molecule has 0 spiro atoms. The van der Waals surface area contributed by atoms with E-state index in [4.69, 9.17) is 21.4 Å². The van der Waals surface area contributed by atoms with Crippen LogP contribution < -0.4 is 19.7 Å². The van der Waals surface area contributed by atoms with Gasteiger partial charge in [-0.25, -0.2) is 12.8 Å². The highest BCUT2D eigenvalue weighted by Crippen LogP contribution is 2.44. The minimum atomic E-state index is -3.58. The molecule has 0 bridgehead atoms. The fraction of sp³-hybridized carbons (Fsp3) is 0.154. The normalized spacial score (nSPS) is 17.4. The molecule has 2 aromatic carbocycles. The maximum Gasteiger partial charge on any atom is 0.229 e. The van der Waals surface area contributed by atoms with Crippen LogP contribution in [-0.4, -0.2) is 31.9 Å². The molecule has 1 saturated heterocycles. The summed E-state index contributed by atoms with van der Waals surface area (Å²) in [6, 6.07) is 17.9. The molecule has 5 rings (SSSR count). The van der Waals surface area contributed by atoms with Gasteiger partial charge < -0.3 is 19.4 Å². The number of benzene rings is 2. The second-order valence-electron chi connectivity index (χ2n) is 8.58. The number of ether oxygens (including phenoxy) is 1. The molecule has 196 valence electrons. The average molecular weight is 618 g/mol. The molecular formula is C26H22BrFN4O4S2. The second kappa shape index (κ2) is 10.4. The van der Waals surface area contributed by atoms with Crippen LogP contribution in [0.15, 0.2) is 81.8 Å². The molecule has 0 amide bonds. The van der Waals surface area contributed by atoms with Crippen molar-refractivity contribution in [3.05, 3.63) is 94.7 Å². The molecule has 1 fully saturated rings. The number of methoxy groups -OCH3 is 1. The van der Waals surface area contributed by atoms with E-state index in [1.165, 1.54) is 13.2 Å². The first-order valence-corrected chi connectivity index (χ1v) is 14.5. The fourth-order valence-corrected chi connectivity index (χ4v) is 5.63. The van der Waals surface area contributed by atoms with Crippen LogP contribution in [0, 0.1) is 5.82 Å². The highest BCUT2D eigenvalue weighted by Gasteiger charge is 2.43. The standard InChI is InChI=1S/C26H22BrFN4O4S2/c1-35-22-9-7-16(14-20(22)31-38(2,33)34)32-25(24(30-26(32)37)19-5-3-4-12-29-19)23-11-10-21(36-23)17-8-6-15(27)13-18(17)28/h3-14,24-25,31H,1-2H3,(H,30,37)/t24-,25-/m1/s1. The molecule has 2 N–H and O–H groups in total. The number of pyridine rings is 1. The molecule has 3 heterocycles. The van der Waals surface area contributed by atoms with Crippen LogP contribution >= 0.6 is 28.1 Å². The van der Waals surface area contributed by atoms with Crippen LogP contribution in [0.25, 0.3) is 11.3 Å². The number of halogens is 2. The Kier molecular flexibility index (Phi) is 7.12. The van der Waals surface area contributed by atoms with Gasteiger partial charge in [-0.3, -0.25) is 9.71 Å². The van der Waals surface area contributed by atoms with Crippen molar-refractivity contribution in [1.82, 2.24) is 10.3 Å². The van der Waals surface area contributed by atoms with E-state index in [9.17, 15) is 12.8 Å². The SMILES string of the molecule is COc1ccc(N2C(=S)N[C@H](c3ccccn3)[C@H]2c2ccc(-c3ccc(Br)cc3F)o2)cc1NS(C)(=O)=O. The van der Waals surface area contributed by atoms with Gasteiger partial charge in [-0.15, -0.1) is 0 Å². The highest BCUT2D eigenvalue weighted by atomic mass is 79.9. The lowest BCUT2D eigenvalue weighted by Gasteiger charge is -2.27. The van der Waals surface area contributed by atoms with Crippen LogP contribution in [0.5, 0.6) is 5.75 Å². The first-order chi connectivity index (χ1) is 18.1. The third kappa shape index (κ3) is 5.24. The highest BCUT2D eigenvalue weighted by molar-refractivity contribution is 9.10. The zero-order valence-electron chi connectivity index (χ0n) is 20.2. The summed E-state index contributed by atoms with van der Waals surface area (Å²) in [5, 5.41) is 3.70. The Hall–Kier alpha value is -3.48. The lowest BCUT2D eigenvalue weighted by Crippen LogP contribution is -2.29. The van der Waals surface area contributed by atoms with E-state index in [2.05, 4.69) is 31.0 Å². The van der Waals surface area contributed by atoms with Crippen LogP contribution in [0.3, 0.4) is 0 Å². The molecule has 2 atom stereocenters. The van der Waals surface area contributed by atoms with Gasteiger partial charge in [-0.2, -0.15) is 0 Å². The van der Waals surface area contributed by atoms with Crippen LogP contribution in [-0.2, 0) is 10.0 Å². The molecule has 2 aromatic heterocycles. The smallest absolute Gasteiger partial charge is 0.229 e. The maximum atomic E-state index is 14.7. The van der Waals surface area contributed by atoms with Crippen molar-refractivity contribution < 1.29 is 22.0 Å². The quantitative estimate of drug-likeness (QED) is 0.251. The number of hydrogen-bond donors (Lipinski definition) is 2. The van der Waals surface area contributed by atoms with Crippen molar-refractivity contribution in [1.29, 1.82) is 0 Å². The number of nitrogens with zero attached hydrogens (tertiary/aromatic N) is 2. The molecule has 0 aliphatic carbocycles. The third-order valence-corrected chi connectivity index (χ3v) is 7.37. The summed E-state index contributed by atoms with van der Waals surface area (Å²) in [6.07, 6.45) is 2.75. The van der Waals surface area contributed by atoms with Crippen LogP contribution in [0.4, 0.5) is 15.8 Å². The van der Waals surface area contributed by atoms with Gasteiger partial charge in [0.25, 0.3) is 0 Å². The van der Waals surface area contributed by atoms with Crippen molar-refractivity contribution in [3.8, 4) is 17.1 Å². The number of nitrogens with one attached hydrogen (secondary N) is 2. The van der Waals surface area contributed by atoms with Gasteiger partial charge in [0.15, 0.2) is 5.11 Å². The van der Waals surface area contributed by atoms with Gasteiger partial charge in [0, 0.05) is 16.4 Å². The van der Waals surface area contributed by atoms with Gasteiger partial charge >= 0.3 is 0 Å². The lowest BCUT2D eigenvalue weighted by atomic mass is 10.0. The molecule has 0 radical (unpaired) electrons. The predicted octanol–water partition coefficient (Wildman–Crippen LogP) is 5.80. The Balaban J connectivity index is 1.62. The van der Waals surface area contributed by atoms with E-state index >= 15 is 0 Å². The minimum absolute atomic E-state index is 0.257. The summed E-state index contributed by atoms with van der Waals surface area (Å²) < 4.78 is 53.4. The summed E-state index contributed by atoms with van der Waals surface area (Å²) >= 11 is 9.01. The molecule has 12 heteroatoms. The fourth-order valence-electron chi connectivity index (χ4n) is 4.39. The van der Waals surface area contributed by atoms with Crippen LogP contribution in [0.2, 0.25) is 0 Å². The second-order valence-corrected chi connectivity index (χ2v) is 11.6. The first-order valence-electron chi connectivity index (χ1n) is 11.4. The summed E-state index contributed by atoms with van der Waals surface area (Å²) in [6.45, 7) is 0. The Bertz CT molecular complexity index is 1610. The molecular weight excluding hydrogens is 595 g/mol. The van der Waals surface area contributed by atoms with Crippen LogP contribution in [0.1, 0.15) is 23.5 Å². The van der Waals surface area contributed by atoms with Crippen molar-refractivity contribution >= 4 is 54.7 Å². The van der Waals surface area contributed by atoms with E-state index in [0.717, 1.165) is 11.9 Å². The minimum Gasteiger partial charge on any atom is -0.495 e. The number of aromatic nitrogens is 1. The average Bonchev–Trinajstić information content (AvgIpc) is 3.48. The molecule has 0 saturated carbocycles. The van der Waals surface area contributed by atoms with E-state index < -0.39 is 27.9 Å². The van der Waals surface area contributed by atoms with Gasteiger partial charge in [-0.05, 0) is 72.9 Å². The Morgan fingerprint density at radius 2 is 1.97 bits per heavy atom. The molecule has 38 heavy (non-hydrogen) atoms. The zero-order chi connectivity index (χ0) is 27.0. The number of rotatable bonds is 7. The summed E-state index contributed by atoms with van der Waals surface area (Å²) in [4.78, 5) is 6.34. The number of thiocarbonyl (C=S) groups is 1. The first kappa shape index (κ1) is 26.1. The zero-order valence-corrected chi connectivity index (χ0v) is 23.4. The van der Waals surface area contributed by atoms with Gasteiger partial charge in [-0.1, -0.05) is 22.0 Å². The molecule has 8 nitrogen and oxygen atoms in total. The van der Waals surface area contributed by atoms with Gasteiger partial charge in [0.2, 0.25) is 10.0 Å². The Labute approximate surface area is 233 Å². The molecule has 1 aliphatic rings. The predicted molar refractivity (Wildman–Crippen MR) is 151 cm³/mol. The van der Waals surface area contributed by atoms with E-state index in [-0.39, 0.29) is 5.69 Å². The molecule has 0 unspecified atom stereocenters. The largest absolute Gasteiger partial charge is 0.495 e. The molecule has 4 aromatic rings. The van der Waals surface area contributed by atoms with E-state index in [1.54, 1.807) is 48.7 Å². The van der Waals surface area contributed by atoms with Crippen molar-refractivity contribution in [2.75, 3.05) is 23.0 Å². The Morgan fingerprint density at radius 1 is 1.16 bits per heavy atom. The third-order valence-electron chi connectivity index (χ3n) is 5.97. The number of anilines is 2. The number of hydrogen-bond acceptors (Lipinski definition) is 6.